The number of carbonyl (C=O) groups excluding carboxylic acids is 1. The van der Waals surface area contributed by atoms with E-state index in [0.717, 1.165) is 37.4 Å². The second kappa shape index (κ2) is 8.75. The number of piperidine rings is 1. The zero-order chi connectivity index (χ0) is 16.1. The van der Waals surface area contributed by atoms with Gasteiger partial charge in [-0.1, -0.05) is 6.07 Å². The summed E-state index contributed by atoms with van der Waals surface area (Å²) < 4.78 is 1.65. The third-order valence-electron chi connectivity index (χ3n) is 4.07. The molecular weight excluding hydrogens is 328 g/mol. The van der Waals surface area contributed by atoms with Gasteiger partial charge in [-0.2, -0.15) is 10.1 Å². The molecule has 0 aromatic carbocycles. The van der Waals surface area contributed by atoms with Crippen LogP contribution in [0.5, 0.6) is 0 Å². The van der Waals surface area contributed by atoms with Crippen LogP contribution in [0.25, 0.3) is 0 Å². The molecule has 0 bridgehead atoms. The summed E-state index contributed by atoms with van der Waals surface area (Å²) in [6, 6.07) is 5.71. The van der Waals surface area contributed by atoms with E-state index in [2.05, 4.69) is 25.7 Å². The lowest BCUT2D eigenvalue weighted by Crippen LogP contribution is -2.27. The van der Waals surface area contributed by atoms with Crippen LogP contribution in [0.1, 0.15) is 36.7 Å². The van der Waals surface area contributed by atoms with E-state index in [1.165, 1.54) is 0 Å². The predicted octanol–water partition coefficient (Wildman–Crippen LogP) is 1.67. The first-order chi connectivity index (χ1) is 11.2. The maximum absolute atomic E-state index is 12.1. The molecule has 2 aromatic heterocycles. The Balaban J connectivity index is 0.00000208. The SMILES string of the molecule is Cl.Cn1nc(C2CCNCC2)nc1NC(=O)CCc1ccccn1. The van der Waals surface area contributed by atoms with Crippen LogP contribution in [0.2, 0.25) is 0 Å². The number of aryl methyl sites for hydroxylation is 2. The van der Waals surface area contributed by atoms with E-state index < -0.39 is 0 Å². The molecule has 8 heteroatoms. The minimum absolute atomic E-state index is 0. The van der Waals surface area contributed by atoms with Gasteiger partial charge in [0.25, 0.3) is 0 Å². The highest BCUT2D eigenvalue weighted by Crippen LogP contribution is 2.23. The number of rotatable bonds is 5. The number of hydrogen-bond donors (Lipinski definition) is 2. The van der Waals surface area contributed by atoms with E-state index in [1.807, 2.05) is 25.2 Å². The number of nitrogens with one attached hydrogen (secondary N) is 2. The van der Waals surface area contributed by atoms with E-state index in [1.54, 1.807) is 10.9 Å². The molecule has 1 aliphatic rings. The van der Waals surface area contributed by atoms with Gasteiger partial charge in [0.05, 0.1) is 0 Å². The fraction of sp³-hybridized carbons (Fsp3) is 0.500. The molecule has 0 spiro atoms. The summed E-state index contributed by atoms with van der Waals surface area (Å²) in [5, 5.41) is 10.6. The van der Waals surface area contributed by atoms with Gasteiger partial charge >= 0.3 is 0 Å². The summed E-state index contributed by atoms with van der Waals surface area (Å²) >= 11 is 0. The van der Waals surface area contributed by atoms with Crippen molar-refractivity contribution in [3.05, 3.63) is 35.9 Å². The molecule has 24 heavy (non-hydrogen) atoms. The first-order valence-electron chi connectivity index (χ1n) is 8.04. The Morgan fingerprint density at radius 3 is 2.88 bits per heavy atom. The van der Waals surface area contributed by atoms with Gasteiger partial charge in [0.2, 0.25) is 11.9 Å². The molecule has 0 saturated carbocycles. The van der Waals surface area contributed by atoms with Gasteiger partial charge in [0, 0.05) is 31.3 Å². The smallest absolute Gasteiger partial charge is 0.227 e. The molecule has 3 rings (SSSR count). The van der Waals surface area contributed by atoms with Crippen LogP contribution < -0.4 is 10.6 Å². The third kappa shape index (κ3) is 4.75. The Bertz CT molecular complexity index is 654. The molecule has 0 radical (unpaired) electrons. The first-order valence-corrected chi connectivity index (χ1v) is 8.04. The maximum Gasteiger partial charge on any atom is 0.227 e. The summed E-state index contributed by atoms with van der Waals surface area (Å²) in [4.78, 5) is 20.8. The number of anilines is 1. The second-order valence-corrected chi connectivity index (χ2v) is 5.81. The van der Waals surface area contributed by atoms with Gasteiger partial charge in [0.15, 0.2) is 5.82 Å². The lowest BCUT2D eigenvalue weighted by molar-refractivity contribution is -0.116. The topological polar surface area (TPSA) is 84.7 Å². The van der Waals surface area contributed by atoms with E-state index in [-0.39, 0.29) is 18.3 Å². The Labute approximate surface area is 147 Å². The summed E-state index contributed by atoms with van der Waals surface area (Å²) in [7, 11) is 1.81. The standard InChI is InChI=1S/C16H22N6O.ClH/c1-22-16(20-15(21-22)12-7-10-17-11-8-12)19-14(23)6-5-13-4-2-3-9-18-13;/h2-4,9,12,17H,5-8,10-11H2,1H3,(H,19,20,21,23);1H. The Morgan fingerprint density at radius 2 is 2.17 bits per heavy atom. The molecule has 3 heterocycles. The average molecular weight is 351 g/mol. The number of halogens is 1. The van der Waals surface area contributed by atoms with Crippen molar-refractivity contribution in [3.8, 4) is 0 Å². The maximum atomic E-state index is 12.1. The molecular formula is C16H23ClN6O. The zero-order valence-corrected chi connectivity index (χ0v) is 14.6. The van der Waals surface area contributed by atoms with Crippen molar-refractivity contribution in [2.24, 2.45) is 7.05 Å². The Kier molecular flexibility index (Phi) is 6.69. The molecule has 1 aliphatic heterocycles. The molecule has 7 nitrogen and oxygen atoms in total. The monoisotopic (exact) mass is 350 g/mol. The highest BCUT2D eigenvalue weighted by molar-refractivity contribution is 5.89. The number of nitrogens with zero attached hydrogens (tertiary/aromatic N) is 4. The molecule has 130 valence electrons. The fourth-order valence-corrected chi connectivity index (χ4v) is 2.74. The largest absolute Gasteiger partial charge is 0.317 e. The quantitative estimate of drug-likeness (QED) is 0.856. The molecule has 1 amide bonds. The van der Waals surface area contributed by atoms with Gasteiger partial charge in [-0.05, 0) is 44.5 Å². The summed E-state index contributed by atoms with van der Waals surface area (Å²) in [5.41, 5.74) is 0.913. The second-order valence-electron chi connectivity index (χ2n) is 5.81. The van der Waals surface area contributed by atoms with Crippen molar-refractivity contribution < 1.29 is 4.79 Å². The van der Waals surface area contributed by atoms with Gasteiger partial charge in [-0.3, -0.25) is 15.1 Å². The first kappa shape index (κ1) is 18.4. The molecule has 0 aliphatic carbocycles. The number of carbonyl (C=O) groups is 1. The van der Waals surface area contributed by atoms with E-state index >= 15 is 0 Å². The van der Waals surface area contributed by atoms with Crippen LogP contribution in [-0.4, -0.2) is 38.7 Å². The highest BCUT2D eigenvalue weighted by Gasteiger charge is 2.21. The van der Waals surface area contributed by atoms with Crippen molar-refractivity contribution in [3.63, 3.8) is 0 Å². The van der Waals surface area contributed by atoms with Gasteiger partial charge in [0.1, 0.15) is 0 Å². The zero-order valence-electron chi connectivity index (χ0n) is 13.7. The van der Waals surface area contributed by atoms with E-state index in [0.29, 0.717) is 24.7 Å². The van der Waals surface area contributed by atoms with Gasteiger partial charge < -0.3 is 5.32 Å². The van der Waals surface area contributed by atoms with Crippen molar-refractivity contribution in [2.45, 2.75) is 31.6 Å². The van der Waals surface area contributed by atoms with Crippen LogP contribution >= 0.6 is 12.4 Å². The minimum Gasteiger partial charge on any atom is -0.317 e. The van der Waals surface area contributed by atoms with Crippen LogP contribution in [0.3, 0.4) is 0 Å². The van der Waals surface area contributed by atoms with Crippen LogP contribution in [0, 0.1) is 0 Å². The van der Waals surface area contributed by atoms with Crippen molar-refractivity contribution in [2.75, 3.05) is 18.4 Å². The number of amides is 1. The van der Waals surface area contributed by atoms with Gasteiger partial charge in [-0.15, -0.1) is 12.4 Å². The normalized spacial score (nSPS) is 14.9. The Hall–Kier alpha value is -1.99. The predicted molar refractivity (Wildman–Crippen MR) is 94.3 cm³/mol. The lowest BCUT2D eigenvalue weighted by Gasteiger charge is -2.19. The van der Waals surface area contributed by atoms with E-state index in [9.17, 15) is 4.79 Å². The van der Waals surface area contributed by atoms with Crippen LogP contribution in [0.15, 0.2) is 24.4 Å². The summed E-state index contributed by atoms with van der Waals surface area (Å²) in [6.07, 6.45) is 4.81. The number of aromatic nitrogens is 4. The number of pyridine rings is 1. The Morgan fingerprint density at radius 1 is 1.38 bits per heavy atom. The third-order valence-corrected chi connectivity index (χ3v) is 4.07. The summed E-state index contributed by atoms with van der Waals surface area (Å²) in [6.45, 7) is 1.99. The molecule has 2 aromatic rings. The molecule has 0 atom stereocenters. The van der Waals surface area contributed by atoms with Crippen molar-refractivity contribution in [1.29, 1.82) is 0 Å². The van der Waals surface area contributed by atoms with Crippen LogP contribution in [-0.2, 0) is 18.3 Å². The molecule has 1 fully saturated rings. The lowest BCUT2D eigenvalue weighted by atomic mass is 9.98. The molecule has 1 saturated heterocycles. The number of hydrogen-bond acceptors (Lipinski definition) is 5. The van der Waals surface area contributed by atoms with Crippen LogP contribution in [0.4, 0.5) is 5.95 Å². The van der Waals surface area contributed by atoms with Gasteiger partial charge in [-0.25, -0.2) is 4.68 Å². The van der Waals surface area contributed by atoms with Crippen molar-refractivity contribution >= 4 is 24.3 Å². The van der Waals surface area contributed by atoms with Crippen molar-refractivity contribution in [1.82, 2.24) is 25.1 Å². The van der Waals surface area contributed by atoms with E-state index in [4.69, 9.17) is 0 Å². The molecule has 0 unspecified atom stereocenters. The fourth-order valence-electron chi connectivity index (χ4n) is 2.74. The average Bonchev–Trinajstić information content (AvgIpc) is 2.95. The molecule has 2 N–H and O–H groups in total. The highest BCUT2D eigenvalue weighted by atomic mass is 35.5. The summed E-state index contributed by atoms with van der Waals surface area (Å²) in [5.74, 6) is 1.66. The minimum atomic E-state index is -0.0667.